The number of fused-ring (bicyclic) bond motifs is 1. The molecule has 5 heteroatoms. The van der Waals surface area contributed by atoms with E-state index in [1.165, 1.54) is 24.2 Å². The molecule has 0 spiro atoms. The number of imide groups is 1. The fraction of sp³-hybridized carbons (Fsp3) is 0.526. The van der Waals surface area contributed by atoms with Crippen LogP contribution in [0.1, 0.15) is 59.2 Å². The molecule has 0 N–H and O–H groups in total. The van der Waals surface area contributed by atoms with Crippen molar-refractivity contribution in [2.24, 2.45) is 5.92 Å². The van der Waals surface area contributed by atoms with Gasteiger partial charge in [0.25, 0.3) is 11.8 Å². The van der Waals surface area contributed by atoms with E-state index in [0.29, 0.717) is 23.1 Å². The van der Waals surface area contributed by atoms with E-state index in [4.69, 9.17) is 0 Å². The van der Waals surface area contributed by atoms with Crippen LogP contribution in [0.15, 0.2) is 24.3 Å². The number of carbonyl (C=O) groups excluding carboxylic acids is 3. The van der Waals surface area contributed by atoms with Crippen molar-refractivity contribution in [3.63, 3.8) is 0 Å². The minimum absolute atomic E-state index is 0.0842. The van der Waals surface area contributed by atoms with Crippen molar-refractivity contribution in [2.45, 2.75) is 44.6 Å². The lowest BCUT2D eigenvalue weighted by atomic mass is 9.79. The molecule has 2 heterocycles. The van der Waals surface area contributed by atoms with Crippen molar-refractivity contribution in [1.82, 2.24) is 9.80 Å². The average Bonchev–Trinajstić information content (AvgIpc) is 3.10. The summed E-state index contributed by atoms with van der Waals surface area (Å²) < 4.78 is 0. The Morgan fingerprint density at radius 2 is 1.67 bits per heavy atom. The molecule has 0 radical (unpaired) electrons. The number of nitrogens with zero attached hydrogens (tertiary/aromatic N) is 2. The van der Waals surface area contributed by atoms with Crippen LogP contribution in [0, 0.1) is 5.92 Å². The molecule has 5 nitrogen and oxygen atoms in total. The second-order valence-corrected chi connectivity index (χ2v) is 7.05. The lowest BCUT2D eigenvalue weighted by Crippen LogP contribution is -2.43. The maximum atomic E-state index is 12.6. The predicted octanol–water partition coefficient (Wildman–Crippen LogP) is 2.46. The van der Waals surface area contributed by atoms with E-state index in [1.54, 1.807) is 24.3 Å². The van der Waals surface area contributed by atoms with Crippen LogP contribution in [0.25, 0.3) is 0 Å². The van der Waals surface area contributed by atoms with Gasteiger partial charge in [-0.1, -0.05) is 18.6 Å². The van der Waals surface area contributed by atoms with Gasteiger partial charge in [-0.15, -0.1) is 0 Å². The number of amides is 3. The number of hydrogen-bond donors (Lipinski definition) is 0. The molecule has 3 amide bonds. The minimum Gasteiger partial charge on any atom is -0.339 e. The van der Waals surface area contributed by atoms with Gasteiger partial charge in [-0.2, -0.15) is 0 Å². The third-order valence-corrected chi connectivity index (χ3v) is 5.74. The first-order chi connectivity index (χ1) is 11.7. The zero-order valence-electron chi connectivity index (χ0n) is 13.7. The van der Waals surface area contributed by atoms with Gasteiger partial charge in [0.15, 0.2) is 0 Å². The third-order valence-electron chi connectivity index (χ3n) is 5.74. The van der Waals surface area contributed by atoms with Crippen LogP contribution in [0.4, 0.5) is 0 Å². The van der Waals surface area contributed by atoms with Crippen LogP contribution in [-0.2, 0) is 4.79 Å². The van der Waals surface area contributed by atoms with Crippen LogP contribution >= 0.6 is 0 Å². The zero-order valence-corrected chi connectivity index (χ0v) is 13.7. The van der Waals surface area contributed by atoms with Gasteiger partial charge in [-0.25, -0.2) is 0 Å². The summed E-state index contributed by atoms with van der Waals surface area (Å²) in [4.78, 5) is 40.5. The highest BCUT2D eigenvalue weighted by Crippen LogP contribution is 2.37. The Kier molecular flexibility index (Phi) is 3.87. The van der Waals surface area contributed by atoms with Gasteiger partial charge < -0.3 is 4.90 Å². The highest BCUT2D eigenvalue weighted by molar-refractivity contribution is 6.21. The van der Waals surface area contributed by atoms with Crippen LogP contribution in [-0.4, -0.2) is 46.7 Å². The topological polar surface area (TPSA) is 57.7 Å². The Morgan fingerprint density at radius 1 is 1.00 bits per heavy atom. The Bertz CT molecular complexity index is 661. The highest BCUT2D eigenvalue weighted by Gasteiger charge is 2.39. The SMILES string of the molecule is O=C1c2ccccc2C(=O)N1CCC(=O)N1CCCC1C1CCC1. The molecular formula is C19H22N2O3. The van der Waals surface area contributed by atoms with Gasteiger partial charge in [0, 0.05) is 25.6 Å². The van der Waals surface area contributed by atoms with Crippen molar-refractivity contribution in [3.8, 4) is 0 Å². The molecule has 2 aliphatic heterocycles. The second-order valence-electron chi connectivity index (χ2n) is 7.05. The molecule has 1 saturated heterocycles. The van der Waals surface area contributed by atoms with Crippen molar-refractivity contribution >= 4 is 17.7 Å². The summed E-state index contributed by atoms with van der Waals surface area (Å²) >= 11 is 0. The van der Waals surface area contributed by atoms with E-state index in [9.17, 15) is 14.4 Å². The Morgan fingerprint density at radius 3 is 2.25 bits per heavy atom. The molecule has 4 rings (SSSR count). The number of benzene rings is 1. The quantitative estimate of drug-likeness (QED) is 0.799. The van der Waals surface area contributed by atoms with Gasteiger partial charge >= 0.3 is 0 Å². The van der Waals surface area contributed by atoms with Crippen molar-refractivity contribution < 1.29 is 14.4 Å². The summed E-state index contributed by atoms with van der Waals surface area (Å²) in [6.45, 7) is 1.00. The number of carbonyl (C=O) groups is 3. The summed E-state index contributed by atoms with van der Waals surface area (Å²) in [6, 6.07) is 7.24. The minimum atomic E-state index is -0.277. The molecule has 126 valence electrons. The molecule has 1 unspecified atom stereocenters. The second kappa shape index (κ2) is 6.04. The first-order valence-electron chi connectivity index (χ1n) is 8.91. The van der Waals surface area contributed by atoms with Crippen LogP contribution in [0.5, 0.6) is 0 Å². The summed E-state index contributed by atoms with van der Waals surface area (Å²) in [5.41, 5.74) is 0.895. The van der Waals surface area contributed by atoms with E-state index in [1.807, 2.05) is 4.90 Å². The van der Waals surface area contributed by atoms with E-state index >= 15 is 0 Å². The summed E-state index contributed by atoms with van der Waals surface area (Å²) in [7, 11) is 0. The van der Waals surface area contributed by atoms with E-state index < -0.39 is 0 Å². The first kappa shape index (κ1) is 15.4. The van der Waals surface area contributed by atoms with Crippen molar-refractivity contribution in [1.29, 1.82) is 0 Å². The number of hydrogen-bond acceptors (Lipinski definition) is 3. The van der Waals surface area contributed by atoms with E-state index in [0.717, 1.165) is 19.4 Å². The maximum absolute atomic E-state index is 12.6. The molecule has 0 bridgehead atoms. The summed E-state index contributed by atoms with van der Waals surface area (Å²) in [5.74, 6) is 0.192. The predicted molar refractivity (Wildman–Crippen MR) is 88.5 cm³/mol. The smallest absolute Gasteiger partial charge is 0.261 e. The maximum Gasteiger partial charge on any atom is 0.261 e. The molecule has 24 heavy (non-hydrogen) atoms. The molecule has 1 atom stereocenters. The molecule has 2 fully saturated rings. The molecular weight excluding hydrogens is 304 g/mol. The average molecular weight is 326 g/mol. The highest BCUT2D eigenvalue weighted by atomic mass is 16.2. The summed E-state index contributed by atoms with van der Waals surface area (Å²) in [5, 5.41) is 0. The fourth-order valence-corrected chi connectivity index (χ4v) is 4.21. The van der Waals surface area contributed by atoms with Crippen LogP contribution in [0.2, 0.25) is 0 Å². The standard InChI is InChI=1S/C19H22N2O3/c22-17(20-11-4-9-16(20)13-5-3-6-13)10-12-21-18(23)14-7-1-2-8-15(14)19(21)24/h1-2,7-8,13,16H,3-6,9-12H2. The lowest BCUT2D eigenvalue weighted by molar-refractivity contribution is -0.133. The van der Waals surface area contributed by atoms with Gasteiger partial charge in [0.2, 0.25) is 5.91 Å². The van der Waals surface area contributed by atoms with Gasteiger partial charge in [-0.05, 0) is 43.7 Å². The Hall–Kier alpha value is -2.17. The Labute approximate surface area is 141 Å². The van der Waals surface area contributed by atoms with Crippen molar-refractivity contribution in [3.05, 3.63) is 35.4 Å². The van der Waals surface area contributed by atoms with E-state index in [-0.39, 0.29) is 30.7 Å². The summed E-state index contributed by atoms with van der Waals surface area (Å²) in [6.07, 6.45) is 6.13. The van der Waals surface area contributed by atoms with E-state index in [2.05, 4.69) is 0 Å². The fourth-order valence-electron chi connectivity index (χ4n) is 4.21. The van der Waals surface area contributed by atoms with Crippen LogP contribution in [0.3, 0.4) is 0 Å². The molecule has 1 aliphatic carbocycles. The zero-order chi connectivity index (χ0) is 16.7. The first-order valence-corrected chi connectivity index (χ1v) is 8.91. The molecule has 1 saturated carbocycles. The monoisotopic (exact) mass is 326 g/mol. The van der Waals surface area contributed by atoms with Gasteiger partial charge in [0.05, 0.1) is 11.1 Å². The largest absolute Gasteiger partial charge is 0.339 e. The Balaban J connectivity index is 1.39. The van der Waals surface area contributed by atoms with Gasteiger partial charge in [-0.3, -0.25) is 19.3 Å². The van der Waals surface area contributed by atoms with Crippen molar-refractivity contribution in [2.75, 3.05) is 13.1 Å². The van der Waals surface area contributed by atoms with Gasteiger partial charge in [0.1, 0.15) is 0 Å². The molecule has 1 aromatic carbocycles. The lowest BCUT2D eigenvalue weighted by Gasteiger charge is -2.37. The molecule has 3 aliphatic rings. The molecule has 1 aromatic rings. The molecule has 0 aromatic heterocycles. The van der Waals surface area contributed by atoms with Crippen LogP contribution < -0.4 is 0 Å². The third kappa shape index (κ3) is 2.43. The number of likely N-dealkylation sites (tertiary alicyclic amines) is 1. The normalized spacial score (nSPS) is 23.6. The number of rotatable bonds is 4.